The van der Waals surface area contributed by atoms with Crippen LogP contribution in [0.2, 0.25) is 0 Å². The molecule has 0 fully saturated rings. The Bertz CT molecular complexity index is 898. The SMILES string of the molecule is Cn1cc(-c2csc3nc(N)nn23)c2ccccc21. The maximum atomic E-state index is 5.66. The number of hydrogen-bond donors (Lipinski definition) is 1. The first-order valence-corrected chi connectivity index (χ1v) is 6.76. The summed E-state index contributed by atoms with van der Waals surface area (Å²) in [6.07, 6.45) is 2.12. The highest BCUT2D eigenvalue weighted by Gasteiger charge is 2.14. The number of nitrogens with zero attached hydrogens (tertiary/aromatic N) is 4. The van der Waals surface area contributed by atoms with E-state index in [1.165, 1.54) is 10.9 Å². The normalized spacial score (nSPS) is 11.6. The van der Waals surface area contributed by atoms with Gasteiger partial charge in [-0.3, -0.25) is 0 Å². The second-order valence-corrected chi connectivity index (χ2v) is 5.29. The average molecular weight is 269 g/mol. The molecule has 0 radical (unpaired) electrons. The molecule has 0 aliphatic rings. The van der Waals surface area contributed by atoms with E-state index in [-0.39, 0.29) is 0 Å². The number of thiazole rings is 1. The van der Waals surface area contributed by atoms with Gasteiger partial charge in [0.1, 0.15) is 0 Å². The quantitative estimate of drug-likeness (QED) is 0.577. The third-order valence-corrected chi connectivity index (χ3v) is 4.09. The first kappa shape index (κ1) is 10.6. The van der Waals surface area contributed by atoms with E-state index in [1.54, 1.807) is 11.3 Å². The molecule has 0 saturated carbocycles. The predicted molar refractivity (Wildman–Crippen MR) is 77.2 cm³/mol. The van der Waals surface area contributed by atoms with Crippen molar-refractivity contribution in [3.05, 3.63) is 35.8 Å². The van der Waals surface area contributed by atoms with Gasteiger partial charge in [-0.05, 0) is 6.07 Å². The number of rotatable bonds is 1. The molecule has 0 saturated heterocycles. The number of aromatic nitrogens is 4. The van der Waals surface area contributed by atoms with Crippen LogP contribution in [0.1, 0.15) is 0 Å². The summed E-state index contributed by atoms with van der Waals surface area (Å²) >= 11 is 1.55. The molecule has 0 spiro atoms. The van der Waals surface area contributed by atoms with Crippen LogP contribution in [0, 0.1) is 0 Å². The molecule has 0 unspecified atom stereocenters. The molecule has 4 aromatic rings. The van der Waals surface area contributed by atoms with Gasteiger partial charge in [0.05, 0.1) is 5.69 Å². The van der Waals surface area contributed by atoms with E-state index < -0.39 is 0 Å². The van der Waals surface area contributed by atoms with Gasteiger partial charge >= 0.3 is 0 Å². The van der Waals surface area contributed by atoms with Crippen molar-refractivity contribution in [1.29, 1.82) is 0 Å². The molecule has 3 aromatic heterocycles. The predicted octanol–water partition coefficient (Wildman–Crippen LogP) is 2.53. The summed E-state index contributed by atoms with van der Waals surface area (Å²) in [7, 11) is 2.05. The minimum absolute atomic E-state index is 0.313. The van der Waals surface area contributed by atoms with E-state index in [0.717, 1.165) is 16.2 Å². The topological polar surface area (TPSA) is 61.1 Å². The molecule has 0 bridgehead atoms. The number of aryl methyl sites for hydroxylation is 1. The largest absolute Gasteiger partial charge is 0.366 e. The van der Waals surface area contributed by atoms with E-state index in [1.807, 2.05) is 23.7 Å². The molecule has 0 aliphatic carbocycles. The van der Waals surface area contributed by atoms with Crippen molar-refractivity contribution in [2.75, 3.05) is 5.73 Å². The van der Waals surface area contributed by atoms with Gasteiger partial charge in [0.2, 0.25) is 10.9 Å². The maximum absolute atomic E-state index is 5.66. The van der Waals surface area contributed by atoms with E-state index >= 15 is 0 Å². The third-order valence-electron chi connectivity index (χ3n) is 3.27. The molecular formula is C13H11N5S. The Labute approximate surface area is 112 Å². The Kier molecular flexibility index (Phi) is 1.99. The zero-order valence-corrected chi connectivity index (χ0v) is 11.1. The van der Waals surface area contributed by atoms with Crippen molar-refractivity contribution in [3.63, 3.8) is 0 Å². The number of nitrogen functional groups attached to an aromatic ring is 1. The Morgan fingerprint density at radius 2 is 2.11 bits per heavy atom. The van der Waals surface area contributed by atoms with Crippen LogP contribution < -0.4 is 5.73 Å². The maximum Gasteiger partial charge on any atom is 0.241 e. The summed E-state index contributed by atoms with van der Waals surface area (Å²) in [5.74, 6) is 0.313. The fourth-order valence-corrected chi connectivity index (χ4v) is 3.26. The summed E-state index contributed by atoms with van der Waals surface area (Å²) < 4.78 is 3.93. The van der Waals surface area contributed by atoms with Crippen LogP contribution in [0.25, 0.3) is 27.1 Å². The summed E-state index contributed by atoms with van der Waals surface area (Å²) in [4.78, 5) is 5.01. The third kappa shape index (κ3) is 1.40. The standard InChI is InChI=1S/C13H11N5S/c1-17-6-9(8-4-2-3-5-10(8)17)11-7-19-13-15-12(14)16-18(11)13/h2-7H,1H3,(H2,14,16). The van der Waals surface area contributed by atoms with Gasteiger partial charge in [0.15, 0.2) is 0 Å². The van der Waals surface area contributed by atoms with Crippen molar-refractivity contribution in [2.24, 2.45) is 7.05 Å². The minimum Gasteiger partial charge on any atom is -0.366 e. The van der Waals surface area contributed by atoms with Gasteiger partial charge in [-0.15, -0.1) is 16.4 Å². The van der Waals surface area contributed by atoms with Gasteiger partial charge in [0.25, 0.3) is 0 Å². The molecule has 94 valence electrons. The second-order valence-electron chi connectivity index (χ2n) is 4.46. The van der Waals surface area contributed by atoms with Crippen LogP contribution in [0.15, 0.2) is 35.8 Å². The summed E-state index contributed by atoms with van der Waals surface area (Å²) in [6, 6.07) is 8.32. The molecular weight excluding hydrogens is 258 g/mol. The highest BCUT2D eigenvalue weighted by molar-refractivity contribution is 7.15. The lowest BCUT2D eigenvalue weighted by atomic mass is 10.1. The van der Waals surface area contributed by atoms with E-state index in [4.69, 9.17) is 5.73 Å². The van der Waals surface area contributed by atoms with Crippen LogP contribution in [-0.2, 0) is 7.05 Å². The number of benzene rings is 1. The fourth-order valence-electron chi connectivity index (χ4n) is 2.43. The average Bonchev–Trinajstić information content (AvgIpc) is 3.03. The van der Waals surface area contributed by atoms with Crippen LogP contribution >= 0.6 is 11.3 Å². The van der Waals surface area contributed by atoms with Gasteiger partial charge in [-0.2, -0.15) is 4.98 Å². The van der Waals surface area contributed by atoms with Crippen molar-refractivity contribution < 1.29 is 0 Å². The lowest BCUT2D eigenvalue weighted by Gasteiger charge is -1.96. The minimum atomic E-state index is 0.313. The summed E-state index contributed by atoms with van der Waals surface area (Å²) in [5.41, 5.74) is 9.03. The summed E-state index contributed by atoms with van der Waals surface area (Å²) in [5, 5.41) is 7.52. The number of fused-ring (bicyclic) bond motifs is 2. The molecule has 4 rings (SSSR count). The number of para-hydroxylation sites is 1. The van der Waals surface area contributed by atoms with Crippen LogP contribution in [0.4, 0.5) is 5.95 Å². The number of nitrogens with two attached hydrogens (primary N) is 1. The van der Waals surface area contributed by atoms with Gasteiger partial charge in [0, 0.05) is 35.1 Å². The van der Waals surface area contributed by atoms with Crippen molar-refractivity contribution in [1.82, 2.24) is 19.2 Å². The molecule has 0 atom stereocenters. The van der Waals surface area contributed by atoms with Crippen LogP contribution in [-0.4, -0.2) is 19.2 Å². The Hall–Kier alpha value is -2.34. The monoisotopic (exact) mass is 269 g/mol. The molecule has 6 heteroatoms. The second kappa shape index (κ2) is 3.58. The molecule has 1 aromatic carbocycles. The van der Waals surface area contributed by atoms with Crippen LogP contribution in [0.3, 0.4) is 0 Å². The van der Waals surface area contributed by atoms with Crippen molar-refractivity contribution in [2.45, 2.75) is 0 Å². The zero-order chi connectivity index (χ0) is 13.0. The number of anilines is 1. The molecule has 0 amide bonds. The lowest BCUT2D eigenvalue weighted by Crippen LogP contribution is -1.90. The molecule has 19 heavy (non-hydrogen) atoms. The van der Waals surface area contributed by atoms with Crippen LogP contribution in [0.5, 0.6) is 0 Å². The number of hydrogen-bond acceptors (Lipinski definition) is 4. The van der Waals surface area contributed by atoms with Gasteiger partial charge in [-0.1, -0.05) is 18.2 Å². The first-order valence-electron chi connectivity index (χ1n) is 5.88. The molecule has 3 heterocycles. The Morgan fingerprint density at radius 3 is 3.00 bits per heavy atom. The van der Waals surface area contributed by atoms with E-state index in [0.29, 0.717) is 5.95 Å². The first-order chi connectivity index (χ1) is 9.24. The zero-order valence-electron chi connectivity index (χ0n) is 10.2. The van der Waals surface area contributed by atoms with Crippen molar-refractivity contribution in [3.8, 4) is 11.3 Å². The van der Waals surface area contributed by atoms with E-state index in [9.17, 15) is 0 Å². The van der Waals surface area contributed by atoms with Gasteiger partial charge < -0.3 is 10.3 Å². The van der Waals surface area contributed by atoms with Crippen molar-refractivity contribution >= 4 is 33.1 Å². The van der Waals surface area contributed by atoms with E-state index in [2.05, 4.69) is 38.4 Å². The smallest absolute Gasteiger partial charge is 0.241 e. The fraction of sp³-hybridized carbons (Fsp3) is 0.0769. The molecule has 2 N–H and O–H groups in total. The highest BCUT2D eigenvalue weighted by atomic mass is 32.1. The Balaban J connectivity index is 2.09. The highest BCUT2D eigenvalue weighted by Crippen LogP contribution is 2.32. The summed E-state index contributed by atoms with van der Waals surface area (Å²) in [6.45, 7) is 0. The Morgan fingerprint density at radius 1 is 1.26 bits per heavy atom. The molecule has 0 aliphatic heterocycles. The van der Waals surface area contributed by atoms with Gasteiger partial charge in [-0.25, -0.2) is 4.52 Å². The lowest BCUT2D eigenvalue weighted by molar-refractivity contribution is 0.962. The molecule has 5 nitrogen and oxygen atoms in total.